The summed E-state index contributed by atoms with van der Waals surface area (Å²) < 4.78 is 5.22. The van der Waals surface area contributed by atoms with Crippen LogP contribution in [-0.4, -0.2) is 37.1 Å². The van der Waals surface area contributed by atoms with Gasteiger partial charge in [-0.3, -0.25) is 9.59 Å². The largest absolute Gasteiger partial charge is 0.369 e. The van der Waals surface area contributed by atoms with Crippen LogP contribution in [0.1, 0.15) is 20.3 Å². The normalized spacial score (nSPS) is 20.0. The Morgan fingerprint density at radius 3 is 2.80 bits per heavy atom. The first-order chi connectivity index (χ1) is 9.63. The van der Waals surface area contributed by atoms with E-state index in [0.29, 0.717) is 19.6 Å². The molecule has 2 amide bonds. The maximum Gasteiger partial charge on any atom is 0.249 e. The van der Waals surface area contributed by atoms with Gasteiger partial charge in [-0.25, -0.2) is 0 Å². The first-order valence-electron chi connectivity index (χ1n) is 6.92. The molecule has 0 aliphatic carbocycles. The fourth-order valence-electron chi connectivity index (χ4n) is 2.29. The van der Waals surface area contributed by atoms with E-state index in [1.807, 2.05) is 37.3 Å². The number of amides is 2. The summed E-state index contributed by atoms with van der Waals surface area (Å²) >= 11 is 0. The molecule has 20 heavy (non-hydrogen) atoms. The lowest BCUT2D eigenvalue weighted by atomic mass is 10.2. The van der Waals surface area contributed by atoms with Crippen LogP contribution in [-0.2, 0) is 14.3 Å². The minimum atomic E-state index is -0.529. The zero-order valence-electron chi connectivity index (χ0n) is 11.8. The average Bonchev–Trinajstić information content (AvgIpc) is 2.81. The Balaban J connectivity index is 1.96. The highest BCUT2D eigenvalue weighted by Gasteiger charge is 2.34. The van der Waals surface area contributed by atoms with Gasteiger partial charge in [-0.15, -0.1) is 0 Å². The number of nitrogens with one attached hydrogen (secondary N) is 1. The third kappa shape index (κ3) is 3.17. The predicted octanol–water partition coefficient (Wildman–Crippen LogP) is 1.33. The molecule has 0 saturated carbocycles. The first kappa shape index (κ1) is 14.5. The van der Waals surface area contributed by atoms with Crippen molar-refractivity contribution in [3.8, 4) is 0 Å². The Hall–Kier alpha value is -1.88. The second-order valence-electron chi connectivity index (χ2n) is 4.77. The van der Waals surface area contributed by atoms with Crippen molar-refractivity contribution in [2.24, 2.45) is 0 Å². The second kappa shape index (κ2) is 6.52. The lowest BCUT2D eigenvalue weighted by Crippen LogP contribution is -2.45. The van der Waals surface area contributed by atoms with Gasteiger partial charge in [0.1, 0.15) is 12.1 Å². The molecule has 5 nitrogen and oxygen atoms in total. The molecule has 1 aromatic rings. The minimum absolute atomic E-state index is 0.0618. The molecule has 0 radical (unpaired) electrons. The topological polar surface area (TPSA) is 58.6 Å². The van der Waals surface area contributed by atoms with E-state index < -0.39 is 12.1 Å². The smallest absolute Gasteiger partial charge is 0.249 e. The molecule has 1 heterocycles. The summed E-state index contributed by atoms with van der Waals surface area (Å²) in [5.74, 6) is -0.298. The number of anilines is 1. The summed E-state index contributed by atoms with van der Waals surface area (Å²) in [7, 11) is 0. The Morgan fingerprint density at radius 2 is 2.15 bits per heavy atom. The minimum Gasteiger partial charge on any atom is -0.369 e. The predicted molar refractivity (Wildman–Crippen MR) is 76.4 cm³/mol. The van der Waals surface area contributed by atoms with Crippen LogP contribution in [0.3, 0.4) is 0 Å². The fourth-order valence-corrected chi connectivity index (χ4v) is 2.29. The van der Waals surface area contributed by atoms with E-state index in [2.05, 4.69) is 5.32 Å². The number of hydrogen-bond acceptors (Lipinski definition) is 3. The number of para-hydroxylation sites is 1. The number of nitrogens with zero attached hydrogens (tertiary/aromatic N) is 1. The zero-order chi connectivity index (χ0) is 14.5. The quantitative estimate of drug-likeness (QED) is 0.882. The number of carbonyl (C=O) groups excluding carboxylic acids is 2. The third-order valence-electron chi connectivity index (χ3n) is 3.38. The molecule has 1 aromatic carbocycles. The molecule has 1 saturated heterocycles. The molecule has 1 fully saturated rings. The van der Waals surface area contributed by atoms with Gasteiger partial charge < -0.3 is 15.0 Å². The van der Waals surface area contributed by atoms with Gasteiger partial charge in [0.25, 0.3) is 0 Å². The molecule has 0 spiro atoms. The van der Waals surface area contributed by atoms with Crippen LogP contribution in [0.5, 0.6) is 0 Å². The lowest BCUT2D eigenvalue weighted by molar-refractivity contribution is -0.134. The molecule has 2 atom stereocenters. The standard InChI is InChI=1S/C15H20N2O3/c1-3-20-11(2)14(18)16-13-9-10-17(15(13)19)12-7-5-4-6-8-12/h4-8,11,13H,3,9-10H2,1-2H3,(H,16,18). The van der Waals surface area contributed by atoms with Crippen molar-refractivity contribution in [1.82, 2.24) is 5.32 Å². The molecular weight excluding hydrogens is 256 g/mol. The van der Waals surface area contributed by atoms with Gasteiger partial charge in [-0.1, -0.05) is 18.2 Å². The summed E-state index contributed by atoms with van der Waals surface area (Å²) in [5.41, 5.74) is 0.868. The van der Waals surface area contributed by atoms with Gasteiger partial charge >= 0.3 is 0 Å². The van der Waals surface area contributed by atoms with E-state index in [1.54, 1.807) is 11.8 Å². The number of hydrogen-bond donors (Lipinski definition) is 1. The molecular formula is C15H20N2O3. The summed E-state index contributed by atoms with van der Waals surface area (Å²) in [6.45, 7) is 4.62. The van der Waals surface area contributed by atoms with Crippen molar-refractivity contribution in [2.75, 3.05) is 18.1 Å². The van der Waals surface area contributed by atoms with Crippen molar-refractivity contribution in [1.29, 1.82) is 0 Å². The van der Waals surface area contributed by atoms with Crippen LogP contribution in [0.25, 0.3) is 0 Å². The zero-order valence-corrected chi connectivity index (χ0v) is 11.8. The van der Waals surface area contributed by atoms with Gasteiger partial charge in [-0.05, 0) is 32.4 Å². The lowest BCUT2D eigenvalue weighted by Gasteiger charge is -2.18. The maximum absolute atomic E-state index is 12.3. The highest BCUT2D eigenvalue weighted by Crippen LogP contribution is 2.21. The number of carbonyl (C=O) groups is 2. The summed E-state index contributed by atoms with van der Waals surface area (Å²) in [5, 5.41) is 2.76. The Kier molecular flexibility index (Phi) is 4.74. The molecule has 1 aliphatic heterocycles. The molecule has 0 aromatic heterocycles. The van der Waals surface area contributed by atoms with Gasteiger partial charge in [-0.2, -0.15) is 0 Å². The average molecular weight is 276 g/mol. The Labute approximate surface area is 118 Å². The molecule has 0 bridgehead atoms. The number of rotatable bonds is 5. The summed E-state index contributed by atoms with van der Waals surface area (Å²) in [4.78, 5) is 25.9. The first-order valence-corrected chi connectivity index (χ1v) is 6.92. The van der Waals surface area contributed by atoms with Gasteiger partial charge in [0.15, 0.2) is 0 Å². The van der Waals surface area contributed by atoms with Crippen molar-refractivity contribution in [2.45, 2.75) is 32.4 Å². The van der Waals surface area contributed by atoms with Crippen LogP contribution in [0, 0.1) is 0 Å². The van der Waals surface area contributed by atoms with E-state index in [-0.39, 0.29) is 11.8 Å². The molecule has 5 heteroatoms. The number of benzene rings is 1. The summed E-state index contributed by atoms with van der Waals surface area (Å²) in [6.07, 6.45) is 0.0942. The maximum atomic E-state index is 12.3. The van der Waals surface area contributed by atoms with E-state index in [1.165, 1.54) is 0 Å². The van der Waals surface area contributed by atoms with E-state index in [4.69, 9.17) is 4.74 Å². The highest BCUT2D eigenvalue weighted by atomic mass is 16.5. The van der Waals surface area contributed by atoms with Crippen LogP contribution in [0.15, 0.2) is 30.3 Å². The number of ether oxygens (including phenoxy) is 1. The SMILES string of the molecule is CCOC(C)C(=O)NC1CCN(c2ccccc2)C1=O. The van der Waals surface area contributed by atoms with Crippen LogP contribution in [0.4, 0.5) is 5.69 Å². The van der Waals surface area contributed by atoms with Crippen molar-refractivity contribution in [3.05, 3.63) is 30.3 Å². The van der Waals surface area contributed by atoms with Crippen LogP contribution in [0.2, 0.25) is 0 Å². The van der Waals surface area contributed by atoms with Gasteiger partial charge in [0, 0.05) is 18.8 Å². The van der Waals surface area contributed by atoms with E-state index in [9.17, 15) is 9.59 Å². The summed E-state index contributed by atoms with van der Waals surface area (Å²) in [6, 6.07) is 9.03. The fraction of sp³-hybridized carbons (Fsp3) is 0.467. The Morgan fingerprint density at radius 1 is 1.45 bits per heavy atom. The van der Waals surface area contributed by atoms with E-state index in [0.717, 1.165) is 5.69 Å². The molecule has 1 N–H and O–H groups in total. The molecule has 108 valence electrons. The van der Waals surface area contributed by atoms with Crippen molar-refractivity contribution < 1.29 is 14.3 Å². The molecule has 2 rings (SSSR count). The monoisotopic (exact) mass is 276 g/mol. The van der Waals surface area contributed by atoms with Crippen LogP contribution >= 0.6 is 0 Å². The third-order valence-corrected chi connectivity index (χ3v) is 3.38. The molecule has 1 aliphatic rings. The highest BCUT2D eigenvalue weighted by molar-refractivity contribution is 6.01. The second-order valence-corrected chi connectivity index (χ2v) is 4.77. The Bertz CT molecular complexity index is 475. The van der Waals surface area contributed by atoms with Gasteiger partial charge in [0.05, 0.1) is 0 Å². The van der Waals surface area contributed by atoms with Crippen LogP contribution < -0.4 is 10.2 Å². The molecule has 2 unspecified atom stereocenters. The van der Waals surface area contributed by atoms with Gasteiger partial charge in [0.2, 0.25) is 11.8 Å². The van der Waals surface area contributed by atoms with Crippen molar-refractivity contribution >= 4 is 17.5 Å². The van der Waals surface area contributed by atoms with Crippen molar-refractivity contribution in [3.63, 3.8) is 0 Å². The van der Waals surface area contributed by atoms with E-state index >= 15 is 0 Å².